The van der Waals surface area contributed by atoms with E-state index in [0.717, 1.165) is 37.2 Å². The first-order chi connectivity index (χ1) is 5.71. The van der Waals surface area contributed by atoms with Crippen LogP contribution in [-0.2, 0) is 4.79 Å². The third kappa shape index (κ3) is 2.41. The van der Waals surface area contributed by atoms with Gasteiger partial charge in [-0.25, -0.2) is 0 Å². The molecule has 1 aliphatic rings. The van der Waals surface area contributed by atoms with Crippen molar-refractivity contribution in [1.82, 2.24) is 0 Å². The van der Waals surface area contributed by atoms with E-state index >= 15 is 0 Å². The van der Waals surface area contributed by atoms with Crippen LogP contribution in [0.2, 0.25) is 0 Å². The quantitative estimate of drug-likeness (QED) is 0.650. The van der Waals surface area contributed by atoms with E-state index < -0.39 is 5.97 Å². The van der Waals surface area contributed by atoms with Crippen molar-refractivity contribution in [2.75, 3.05) is 11.5 Å². The van der Waals surface area contributed by atoms with Gasteiger partial charge in [0.2, 0.25) is 0 Å². The predicted molar refractivity (Wildman–Crippen MR) is 51.5 cm³/mol. The van der Waals surface area contributed by atoms with E-state index in [-0.39, 0.29) is 5.41 Å². The van der Waals surface area contributed by atoms with Gasteiger partial charge in [0, 0.05) is 0 Å². The van der Waals surface area contributed by atoms with Gasteiger partial charge in [0.25, 0.3) is 0 Å². The summed E-state index contributed by atoms with van der Waals surface area (Å²) in [7, 11) is 0. The van der Waals surface area contributed by atoms with Crippen LogP contribution in [0.3, 0.4) is 0 Å². The minimum Gasteiger partial charge on any atom is -0.481 e. The van der Waals surface area contributed by atoms with Gasteiger partial charge in [-0.3, -0.25) is 4.79 Å². The first kappa shape index (κ1) is 9.90. The van der Waals surface area contributed by atoms with Crippen LogP contribution >= 0.6 is 11.8 Å². The highest BCUT2D eigenvalue weighted by atomic mass is 32.2. The average Bonchev–Trinajstić information content (AvgIpc) is 2.79. The van der Waals surface area contributed by atoms with Crippen molar-refractivity contribution in [3.63, 3.8) is 0 Å². The van der Waals surface area contributed by atoms with E-state index in [2.05, 4.69) is 6.92 Å². The maximum absolute atomic E-state index is 10.7. The van der Waals surface area contributed by atoms with Crippen molar-refractivity contribution in [2.45, 2.75) is 32.6 Å². The molecule has 0 saturated heterocycles. The Morgan fingerprint density at radius 3 is 2.67 bits per heavy atom. The zero-order valence-electron chi connectivity index (χ0n) is 7.51. The Kier molecular flexibility index (Phi) is 3.44. The Labute approximate surface area is 77.7 Å². The van der Waals surface area contributed by atoms with Crippen molar-refractivity contribution in [3.8, 4) is 0 Å². The van der Waals surface area contributed by atoms with Crippen LogP contribution in [0.1, 0.15) is 32.6 Å². The molecule has 1 N–H and O–H groups in total. The monoisotopic (exact) mass is 188 g/mol. The lowest BCUT2D eigenvalue weighted by molar-refractivity contribution is -0.143. The average molecular weight is 188 g/mol. The maximum Gasteiger partial charge on any atom is 0.309 e. The van der Waals surface area contributed by atoms with Gasteiger partial charge in [0.1, 0.15) is 0 Å². The number of carboxylic acids is 1. The summed E-state index contributed by atoms with van der Waals surface area (Å²) < 4.78 is 0. The molecule has 2 nitrogen and oxygen atoms in total. The summed E-state index contributed by atoms with van der Waals surface area (Å²) in [4.78, 5) is 10.7. The third-order valence-electron chi connectivity index (χ3n) is 2.46. The molecule has 0 aromatic carbocycles. The summed E-state index contributed by atoms with van der Waals surface area (Å²) in [6.07, 6.45) is 3.75. The summed E-state index contributed by atoms with van der Waals surface area (Å²) in [5.41, 5.74) is -0.297. The van der Waals surface area contributed by atoms with Crippen molar-refractivity contribution < 1.29 is 9.90 Å². The zero-order valence-corrected chi connectivity index (χ0v) is 8.32. The number of thioether (sulfide) groups is 1. The molecule has 0 unspecified atom stereocenters. The molecule has 0 spiro atoms. The molecule has 0 amide bonds. The van der Waals surface area contributed by atoms with E-state index in [0.29, 0.717) is 0 Å². The Hall–Kier alpha value is -0.180. The highest BCUT2D eigenvalue weighted by Gasteiger charge is 2.49. The summed E-state index contributed by atoms with van der Waals surface area (Å²) in [6, 6.07) is 0. The Bertz CT molecular complexity index is 164. The van der Waals surface area contributed by atoms with Crippen molar-refractivity contribution >= 4 is 17.7 Å². The van der Waals surface area contributed by atoms with Crippen molar-refractivity contribution in [2.24, 2.45) is 5.41 Å². The second-order valence-corrected chi connectivity index (χ2v) is 4.78. The molecule has 1 fully saturated rings. The van der Waals surface area contributed by atoms with Gasteiger partial charge >= 0.3 is 5.97 Å². The molecule has 3 heteroatoms. The Balaban J connectivity index is 2.10. The molecule has 0 aromatic heterocycles. The Morgan fingerprint density at radius 1 is 1.58 bits per heavy atom. The number of hydrogen-bond donors (Lipinski definition) is 1. The van der Waals surface area contributed by atoms with Crippen LogP contribution in [0, 0.1) is 5.41 Å². The predicted octanol–water partition coefficient (Wildman–Crippen LogP) is 2.38. The largest absolute Gasteiger partial charge is 0.481 e. The Morgan fingerprint density at radius 2 is 2.25 bits per heavy atom. The van der Waals surface area contributed by atoms with Crippen LogP contribution in [0.15, 0.2) is 0 Å². The smallest absolute Gasteiger partial charge is 0.309 e. The first-order valence-corrected chi connectivity index (χ1v) is 5.68. The van der Waals surface area contributed by atoms with E-state index in [1.165, 1.54) is 0 Å². The minimum absolute atomic E-state index is 0.297. The third-order valence-corrected chi connectivity index (χ3v) is 3.44. The number of rotatable bonds is 6. The lowest BCUT2D eigenvalue weighted by Gasteiger charge is -2.07. The molecule has 12 heavy (non-hydrogen) atoms. The normalized spacial score (nSPS) is 19.1. The summed E-state index contributed by atoms with van der Waals surface area (Å²) >= 11 is 1.90. The number of aliphatic carboxylic acids is 1. The second kappa shape index (κ2) is 4.17. The standard InChI is InChI=1S/C9H16O2S/c1-2-12-7-3-4-9(5-6-9)8(10)11/h2-7H2,1H3,(H,10,11). The van der Waals surface area contributed by atoms with Gasteiger partial charge < -0.3 is 5.11 Å². The molecule has 0 atom stereocenters. The van der Waals surface area contributed by atoms with Gasteiger partial charge in [-0.05, 0) is 37.2 Å². The van der Waals surface area contributed by atoms with E-state index in [1.54, 1.807) is 0 Å². The van der Waals surface area contributed by atoms with E-state index in [1.807, 2.05) is 11.8 Å². The van der Waals surface area contributed by atoms with Crippen LogP contribution in [-0.4, -0.2) is 22.6 Å². The number of carbonyl (C=O) groups is 1. The number of hydrogen-bond acceptors (Lipinski definition) is 2. The fraction of sp³-hybridized carbons (Fsp3) is 0.889. The molecule has 0 radical (unpaired) electrons. The highest BCUT2D eigenvalue weighted by Crippen LogP contribution is 2.49. The SMILES string of the molecule is CCSCCCC1(C(=O)O)CC1. The summed E-state index contributed by atoms with van der Waals surface area (Å²) in [6.45, 7) is 2.13. The van der Waals surface area contributed by atoms with Gasteiger partial charge in [-0.15, -0.1) is 0 Å². The van der Waals surface area contributed by atoms with Gasteiger partial charge in [0.15, 0.2) is 0 Å². The lowest BCUT2D eigenvalue weighted by Crippen LogP contribution is -2.14. The molecule has 0 aliphatic heterocycles. The van der Waals surface area contributed by atoms with Crippen molar-refractivity contribution in [1.29, 1.82) is 0 Å². The molecule has 70 valence electrons. The minimum atomic E-state index is -0.580. The zero-order chi connectivity index (χ0) is 9.03. The first-order valence-electron chi connectivity index (χ1n) is 4.52. The molecule has 0 aromatic rings. The molecule has 1 aliphatic carbocycles. The van der Waals surface area contributed by atoms with E-state index in [9.17, 15) is 4.79 Å². The summed E-state index contributed by atoms with van der Waals surface area (Å²) in [5.74, 6) is 1.68. The molecular weight excluding hydrogens is 172 g/mol. The van der Waals surface area contributed by atoms with Crippen LogP contribution in [0.25, 0.3) is 0 Å². The molecule has 0 bridgehead atoms. The lowest BCUT2D eigenvalue weighted by atomic mass is 10.0. The summed E-state index contributed by atoms with van der Waals surface area (Å²) in [5, 5.41) is 8.85. The van der Waals surface area contributed by atoms with Crippen LogP contribution < -0.4 is 0 Å². The van der Waals surface area contributed by atoms with Gasteiger partial charge in [-0.2, -0.15) is 11.8 Å². The number of carboxylic acid groups (broad SMARTS) is 1. The maximum atomic E-state index is 10.7. The highest BCUT2D eigenvalue weighted by molar-refractivity contribution is 7.99. The van der Waals surface area contributed by atoms with Gasteiger partial charge in [0.05, 0.1) is 5.41 Å². The van der Waals surface area contributed by atoms with E-state index in [4.69, 9.17) is 5.11 Å². The fourth-order valence-corrected chi connectivity index (χ4v) is 2.02. The molecule has 1 saturated carbocycles. The van der Waals surface area contributed by atoms with Crippen molar-refractivity contribution in [3.05, 3.63) is 0 Å². The van der Waals surface area contributed by atoms with Gasteiger partial charge in [-0.1, -0.05) is 6.92 Å². The second-order valence-electron chi connectivity index (χ2n) is 3.39. The topological polar surface area (TPSA) is 37.3 Å². The fourth-order valence-electron chi connectivity index (χ4n) is 1.38. The molecule has 1 rings (SSSR count). The molecular formula is C9H16O2S. The molecule has 0 heterocycles. The van der Waals surface area contributed by atoms with Crippen LogP contribution in [0.4, 0.5) is 0 Å². The van der Waals surface area contributed by atoms with Crippen LogP contribution in [0.5, 0.6) is 0 Å².